The van der Waals surface area contributed by atoms with E-state index in [-0.39, 0.29) is 6.10 Å². The number of carbonyl (C=O) groups excluding carboxylic acids is 1. The van der Waals surface area contributed by atoms with Crippen molar-refractivity contribution >= 4 is 22.6 Å². The first-order valence-corrected chi connectivity index (χ1v) is 7.17. The van der Waals surface area contributed by atoms with E-state index >= 15 is 0 Å². The van der Waals surface area contributed by atoms with E-state index in [1.165, 1.54) is 0 Å². The van der Waals surface area contributed by atoms with Crippen molar-refractivity contribution in [1.29, 1.82) is 0 Å². The molecule has 0 spiro atoms. The molecular weight excluding hydrogens is 278 g/mol. The van der Waals surface area contributed by atoms with Crippen molar-refractivity contribution < 1.29 is 9.53 Å². The highest BCUT2D eigenvalue weighted by molar-refractivity contribution is 5.95. The molecule has 2 heterocycles. The van der Waals surface area contributed by atoms with Crippen molar-refractivity contribution in [1.82, 2.24) is 14.9 Å². The minimum absolute atomic E-state index is 0.193. The molecule has 0 aliphatic carbocycles. The van der Waals surface area contributed by atoms with E-state index in [2.05, 4.69) is 16.9 Å². The number of carbonyl (C=O) groups is 1. The van der Waals surface area contributed by atoms with Gasteiger partial charge in [0.15, 0.2) is 0 Å². The monoisotopic (exact) mass is 299 g/mol. The third kappa shape index (κ3) is 3.03. The van der Waals surface area contributed by atoms with Gasteiger partial charge >= 0.3 is 6.09 Å². The summed E-state index contributed by atoms with van der Waals surface area (Å²) in [5.74, 6) is 0. The molecule has 2 aromatic rings. The molecule has 0 saturated carbocycles. The number of aromatic nitrogens is 2. The molecule has 2 rings (SSSR count). The number of pyridine rings is 1. The number of ether oxygens (including phenoxy) is 1. The topological polar surface area (TPSA) is 56.2 Å². The quantitative estimate of drug-likeness (QED) is 0.878. The number of rotatable bonds is 4. The number of hydrogen-bond donors (Lipinski definition) is 1. The first-order chi connectivity index (χ1) is 10.5. The van der Waals surface area contributed by atoms with Crippen molar-refractivity contribution in [3.8, 4) is 0 Å². The highest BCUT2D eigenvalue weighted by atomic mass is 16.6. The van der Waals surface area contributed by atoms with Crippen LogP contribution in [0.15, 0.2) is 37.2 Å². The van der Waals surface area contributed by atoms with E-state index in [0.717, 1.165) is 27.9 Å². The zero-order chi connectivity index (χ0) is 16.3. The molecule has 0 atom stereocenters. The highest BCUT2D eigenvalue weighted by Gasteiger charge is 2.19. The van der Waals surface area contributed by atoms with Crippen LogP contribution in [-0.4, -0.2) is 28.8 Å². The molecule has 5 nitrogen and oxygen atoms in total. The maximum absolute atomic E-state index is 12.5. The molecule has 5 heteroatoms. The molecule has 0 aromatic carbocycles. The van der Waals surface area contributed by atoms with Gasteiger partial charge in [0.1, 0.15) is 0 Å². The molecule has 0 amide bonds. The van der Waals surface area contributed by atoms with Crippen LogP contribution in [0.2, 0.25) is 0 Å². The Hall–Kier alpha value is -2.56. The van der Waals surface area contributed by atoms with Gasteiger partial charge in [-0.2, -0.15) is 0 Å². The fourth-order valence-electron chi connectivity index (χ4n) is 2.26. The minimum atomic E-state index is -0.408. The minimum Gasteiger partial charge on any atom is -0.446 e. The number of nitrogens with one attached hydrogen (secondary N) is 1. The number of hydrogen-bond acceptors (Lipinski definition) is 4. The van der Waals surface area contributed by atoms with E-state index in [0.29, 0.717) is 0 Å². The average Bonchev–Trinajstić information content (AvgIpc) is 2.82. The summed E-state index contributed by atoms with van der Waals surface area (Å²) in [5, 5.41) is 3.85. The molecule has 1 N–H and O–H groups in total. The lowest BCUT2D eigenvalue weighted by Crippen LogP contribution is -2.19. The zero-order valence-electron chi connectivity index (χ0n) is 13.4. The summed E-state index contributed by atoms with van der Waals surface area (Å²) in [6.45, 7) is 9.36. The third-order valence-corrected chi connectivity index (χ3v) is 3.16. The first kappa shape index (κ1) is 15.8. The number of fused-ring (bicyclic) bond motifs is 1. The van der Waals surface area contributed by atoms with E-state index < -0.39 is 6.09 Å². The highest BCUT2D eigenvalue weighted by Crippen LogP contribution is 2.26. The Morgan fingerprint density at radius 3 is 2.77 bits per heavy atom. The molecule has 0 aliphatic heterocycles. The Balaban J connectivity index is 2.71. The number of allylic oxidation sites excluding steroid dienone is 2. The van der Waals surface area contributed by atoms with Gasteiger partial charge in [0.2, 0.25) is 0 Å². The summed E-state index contributed by atoms with van der Waals surface area (Å²) in [5.41, 5.74) is 3.14. The van der Waals surface area contributed by atoms with Crippen LogP contribution in [0.25, 0.3) is 16.5 Å². The van der Waals surface area contributed by atoms with Gasteiger partial charge in [0.05, 0.1) is 17.3 Å². The van der Waals surface area contributed by atoms with Crippen LogP contribution < -0.4 is 5.32 Å². The second-order valence-corrected chi connectivity index (χ2v) is 5.27. The van der Waals surface area contributed by atoms with Gasteiger partial charge in [-0.1, -0.05) is 12.7 Å². The van der Waals surface area contributed by atoms with E-state index in [1.54, 1.807) is 30.1 Å². The Labute approximate surface area is 130 Å². The lowest BCUT2D eigenvalue weighted by molar-refractivity contribution is 0.118. The average molecular weight is 299 g/mol. The van der Waals surface area contributed by atoms with Crippen LogP contribution in [0, 0.1) is 6.92 Å². The van der Waals surface area contributed by atoms with Gasteiger partial charge in [-0.3, -0.25) is 4.98 Å². The second-order valence-electron chi connectivity index (χ2n) is 5.27. The molecule has 0 radical (unpaired) electrons. The van der Waals surface area contributed by atoms with Gasteiger partial charge in [-0.15, -0.1) is 0 Å². The van der Waals surface area contributed by atoms with Crippen LogP contribution in [0.4, 0.5) is 4.79 Å². The van der Waals surface area contributed by atoms with Crippen LogP contribution in [0.3, 0.4) is 0 Å². The summed E-state index contributed by atoms with van der Waals surface area (Å²) in [4.78, 5) is 16.8. The van der Waals surface area contributed by atoms with Gasteiger partial charge in [-0.05, 0) is 32.9 Å². The third-order valence-electron chi connectivity index (χ3n) is 3.16. The molecule has 0 bridgehead atoms. The molecular formula is C17H21N3O2. The standard InChI is InChI=1S/C17H21N3O2/c1-6-13(9-18-5)16-8-14-10-19-12(4)7-15(14)20(16)17(21)22-11(2)3/h6-11,18H,1H2,2-5H3/b13-9+. The predicted molar refractivity (Wildman–Crippen MR) is 88.7 cm³/mol. The smallest absolute Gasteiger partial charge is 0.419 e. The Bertz CT molecular complexity index is 742. The van der Waals surface area contributed by atoms with Gasteiger partial charge in [0, 0.05) is 36.1 Å². The van der Waals surface area contributed by atoms with Crippen LogP contribution in [0.1, 0.15) is 25.2 Å². The second kappa shape index (κ2) is 6.47. The normalized spacial score (nSPS) is 11.8. The van der Waals surface area contributed by atoms with Crippen LogP contribution in [0.5, 0.6) is 0 Å². The molecule has 116 valence electrons. The maximum Gasteiger partial charge on any atom is 0.419 e. The largest absolute Gasteiger partial charge is 0.446 e. The van der Waals surface area contributed by atoms with Gasteiger partial charge < -0.3 is 10.1 Å². The lowest BCUT2D eigenvalue weighted by atomic mass is 10.2. The predicted octanol–water partition coefficient (Wildman–Crippen LogP) is 3.48. The van der Waals surface area contributed by atoms with Crippen molar-refractivity contribution in [3.05, 3.63) is 48.6 Å². The van der Waals surface area contributed by atoms with E-state index in [1.807, 2.05) is 32.9 Å². The molecule has 2 aromatic heterocycles. The van der Waals surface area contributed by atoms with Crippen molar-refractivity contribution in [2.45, 2.75) is 26.9 Å². The fraction of sp³-hybridized carbons (Fsp3) is 0.294. The van der Waals surface area contributed by atoms with Gasteiger partial charge in [0.25, 0.3) is 0 Å². The molecule has 0 fully saturated rings. The number of aryl methyl sites for hydroxylation is 1. The SMILES string of the molecule is C=C/C(=C\NC)c1cc2cnc(C)cc2n1C(=O)OC(C)C. The molecule has 22 heavy (non-hydrogen) atoms. The Morgan fingerprint density at radius 2 is 2.18 bits per heavy atom. The van der Waals surface area contributed by atoms with Crippen molar-refractivity contribution in [2.75, 3.05) is 7.05 Å². The molecule has 0 unspecified atom stereocenters. The molecule has 0 saturated heterocycles. The van der Waals surface area contributed by atoms with Crippen molar-refractivity contribution in [3.63, 3.8) is 0 Å². The van der Waals surface area contributed by atoms with E-state index in [9.17, 15) is 4.79 Å². The summed E-state index contributed by atoms with van der Waals surface area (Å²) in [6, 6.07) is 3.79. The Kier molecular flexibility index (Phi) is 4.65. The van der Waals surface area contributed by atoms with Crippen LogP contribution >= 0.6 is 0 Å². The summed E-state index contributed by atoms with van der Waals surface area (Å²) < 4.78 is 6.94. The maximum atomic E-state index is 12.5. The first-order valence-electron chi connectivity index (χ1n) is 7.17. The van der Waals surface area contributed by atoms with Gasteiger partial charge in [-0.25, -0.2) is 9.36 Å². The van der Waals surface area contributed by atoms with Crippen LogP contribution in [-0.2, 0) is 4.74 Å². The fourth-order valence-corrected chi connectivity index (χ4v) is 2.26. The number of nitrogens with zero attached hydrogens (tertiary/aromatic N) is 2. The summed E-state index contributed by atoms with van der Waals surface area (Å²) in [6.07, 6.45) is 4.65. The van der Waals surface area contributed by atoms with Crippen molar-refractivity contribution in [2.24, 2.45) is 0 Å². The zero-order valence-corrected chi connectivity index (χ0v) is 13.4. The van der Waals surface area contributed by atoms with E-state index in [4.69, 9.17) is 4.74 Å². The molecule has 0 aliphatic rings. The Morgan fingerprint density at radius 1 is 1.45 bits per heavy atom. The lowest BCUT2D eigenvalue weighted by Gasteiger charge is -2.13. The summed E-state index contributed by atoms with van der Waals surface area (Å²) in [7, 11) is 1.80. The summed E-state index contributed by atoms with van der Waals surface area (Å²) >= 11 is 0.